The summed E-state index contributed by atoms with van der Waals surface area (Å²) in [4.78, 5) is 0. The third-order valence-electron chi connectivity index (χ3n) is 3.01. The summed E-state index contributed by atoms with van der Waals surface area (Å²) in [7, 11) is 0. The second-order valence-corrected chi connectivity index (χ2v) is 4.25. The predicted octanol–water partition coefficient (Wildman–Crippen LogP) is 4.23. The van der Waals surface area contributed by atoms with Gasteiger partial charge in [-0.15, -0.1) is 12.4 Å². The van der Waals surface area contributed by atoms with Gasteiger partial charge in [-0.2, -0.15) is 0 Å². The monoisotopic (exact) mass is 271 g/mol. The first kappa shape index (κ1) is 14.9. The van der Waals surface area contributed by atoms with Crippen LogP contribution in [0.1, 0.15) is 23.6 Å². The van der Waals surface area contributed by atoms with Gasteiger partial charge in [0, 0.05) is 12.5 Å². The Morgan fingerprint density at radius 2 is 1.67 bits per heavy atom. The molecule has 2 aromatic rings. The predicted molar refractivity (Wildman–Crippen MR) is 73.5 cm³/mol. The lowest BCUT2D eigenvalue weighted by atomic mass is 9.95. The Morgan fingerprint density at radius 3 is 2.28 bits per heavy atom. The maximum atomic E-state index is 12.4. The second-order valence-electron chi connectivity index (χ2n) is 4.25. The van der Waals surface area contributed by atoms with Crippen LogP contribution in [-0.2, 0) is 0 Å². The van der Waals surface area contributed by atoms with Crippen molar-refractivity contribution >= 4 is 23.2 Å². The van der Waals surface area contributed by atoms with E-state index in [9.17, 15) is 8.78 Å². The van der Waals surface area contributed by atoms with E-state index in [1.807, 2.05) is 43.3 Å². The molecule has 1 atom stereocenters. The molecule has 0 unspecified atom stereocenters. The van der Waals surface area contributed by atoms with E-state index >= 15 is 0 Å². The highest BCUT2D eigenvalue weighted by atomic mass is 35.5. The summed E-state index contributed by atoms with van der Waals surface area (Å²) in [5.41, 5.74) is 7.76. The Bertz CT molecular complexity index is 528. The molecule has 0 aromatic heterocycles. The van der Waals surface area contributed by atoms with Crippen LogP contribution in [0, 0.1) is 6.92 Å². The van der Waals surface area contributed by atoms with Gasteiger partial charge < -0.3 is 5.73 Å². The smallest absolute Gasteiger partial charge is 0.240 e. The lowest BCUT2D eigenvalue weighted by Crippen LogP contribution is -2.14. The van der Waals surface area contributed by atoms with Crippen LogP contribution in [0.15, 0.2) is 36.4 Å². The molecule has 0 bridgehead atoms. The van der Waals surface area contributed by atoms with Crippen molar-refractivity contribution in [2.45, 2.75) is 25.8 Å². The molecule has 0 spiro atoms. The number of nitrogens with two attached hydrogens (primary N) is 1. The summed E-state index contributed by atoms with van der Waals surface area (Å²) < 4.78 is 24.7. The minimum Gasteiger partial charge on any atom is -0.324 e. The van der Waals surface area contributed by atoms with Gasteiger partial charge >= 0.3 is 0 Å². The maximum Gasteiger partial charge on any atom is 0.240 e. The van der Waals surface area contributed by atoms with Crippen LogP contribution in [0.25, 0.3) is 10.8 Å². The molecule has 0 saturated heterocycles. The molecule has 0 saturated carbocycles. The molecule has 4 heteroatoms. The highest BCUT2D eigenvalue weighted by molar-refractivity contribution is 5.88. The quantitative estimate of drug-likeness (QED) is 0.888. The van der Waals surface area contributed by atoms with Crippen LogP contribution < -0.4 is 5.73 Å². The van der Waals surface area contributed by atoms with Crippen LogP contribution in [-0.4, -0.2) is 6.43 Å². The molecule has 0 radical (unpaired) electrons. The Balaban J connectivity index is 0.00000162. The summed E-state index contributed by atoms with van der Waals surface area (Å²) in [5, 5.41) is 2.05. The van der Waals surface area contributed by atoms with E-state index in [1.165, 1.54) is 0 Å². The third-order valence-corrected chi connectivity index (χ3v) is 3.01. The van der Waals surface area contributed by atoms with Gasteiger partial charge in [-0.25, -0.2) is 8.78 Å². The summed E-state index contributed by atoms with van der Waals surface area (Å²) in [6.45, 7) is 2.00. The SMILES string of the molecule is Cc1ccc([C@@H](N)CC(F)F)c2ccccc12.Cl. The molecule has 98 valence electrons. The number of fused-ring (bicyclic) bond motifs is 1. The number of hydrogen-bond donors (Lipinski definition) is 1. The highest BCUT2D eigenvalue weighted by Crippen LogP contribution is 2.28. The van der Waals surface area contributed by atoms with E-state index in [1.54, 1.807) is 0 Å². The first-order chi connectivity index (χ1) is 8.09. The van der Waals surface area contributed by atoms with Gasteiger partial charge in [-0.1, -0.05) is 36.4 Å². The van der Waals surface area contributed by atoms with E-state index in [-0.39, 0.29) is 18.8 Å². The largest absolute Gasteiger partial charge is 0.324 e. The molecule has 0 fully saturated rings. The fourth-order valence-electron chi connectivity index (χ4n) is 2.12. The zero-order valence-electron chi connectivity index (χ0n) is 10.1. The van der Waals surface area contributed by atoms with Crippen LogP contribution >= 0.6 is 12.4 Å². The van der Waals surface area contributed by atoms with E-state index in [2.05, 4.69) is 0 Å². The summed E-state index contributed by atoms with van der Waals surface area (Å²) in [6, 6.07) is 10.9. The molecular formula is C14H16ClF2N. The fraction of sp³-hybridized carbons (Fsp3) is 0.286. The minimum atomic E-state index is -2.37. The highest BCUT2D eigenvalue weighted by Gasteiger charge is 2.15. The Kier molecular flexibility index (Phi) is 5.05. The number of benzene rings is 2. The molecule has 2 rings (SSSR count). The van der Waals surface area contributed by atoms with Gasteiger partial charge in [0.2, 0.25) is 6.43 Å². The van der Waals surface area contributed by atoms with Crippen LogP contribution in [0.2, 0.25) is 0 Å². The molecule has 0 aliphatic carbocycles. The van der Waals surface area contributed by atoms with E-state index in [0.717, 1.165) is 21.9 Å². The van der Waals surface area contributed by atoms with E-state index in [0.29, 0.717) is 0 Å². The lowest BCUT2D eigenvalue weighted by molar-refractivity contribution is 0.128. The molecule has 2 N–H and O–H groups in total. The first-order valence-corrected chi connectivity index (χ1v) is 5.61. The van der Waals surface area contributed by atoms with Crippen molar-refractivity contribution in [1.82, 2.24) is 0 Å². The number of aryl methyl sites for hydroxylation is 1. The average Bonchev–Trinajstić information content (AvgIpc) is 2.29. The summed E-state index contributed by atoms with van der Waals surface area (Å²) in [6.07, 6.45) is -2.67. The Hall–Kier alpha value is -1.19. The maximum absolute atomic E-state index is 12.4. The molecular weight excluding hydrogens is 256 g/mol. The van der Waals surface area contributed by atoms with Gasteiger partial charge in [0.25, 0.3) is 0 Å². The van der Waals surface area contributed by atoms with Gasteiger partial charge in [-0.05, 0) is 28.8 Å². The van der Waals surface area contributed by atoms with Gasteiger partial charge in [-0.3, -0.25) is 0 Å². The van der Waals surface area contributed by atoms with Gasteiger partial charge in [0.1, 0.15) is 0 Å². The van der Waals surface area contributed by atoms with E-state index < -0.39 is 12.5 Å². The van der Waals surface area contributed by atoms with E-state index in [4.69, 9.17) is 5.73 Å². The van der Waals surface area contributed by atoms with Crippen molar-refractivity contribution in [3.05, 3.63) is 47.5 Å². The van der Waals surface area contributed by atoms with Crippen molar-refractivity contribution in [2.75, 3.05) is 0 Å². The summed E-state index contributed by atoms with van der Waals surface area (Å²) in [5.74, 6) is 0. The molecule has 18 heavy (non-hydrogen) atoms. The van der Waals surface area contributed by atoms with Crippen LogP contribution in [0.5, 0.6) is 0 Å². The van der Waals surface area contributed by atoms with Crippen molar-refractivity contribution < 1.29 is 8.78 Å². The zero-order valence-corrected chi connectivity index (χ0v) is 10.9. The molecule has 0 heterocycles. The van der Waals surface area contributed by atoms with Gasteiger partial charge in [0.05, 0.1) is 0 Å². The number of hydrogen-bond acceptors (Lipinski definition) is 1. The Morgan fingerprint density at radius 1 is 1.06 bits per heavy atom. The first-order valence-electron chi connectivity index (χ1n) is 5.61. The molecule has 1 nitrogen and oxygen atoms in total. The molecule has 0 aliphatic heterocycles. The zero-order chi connectivity index (χ0) is 12.4. The topological polar surface area (TPSA) is 26.0 Å². The standard InChI is InChI=1S/C14H15F2N.ClH/c1-9-6-7-12(13(17)8-14(15)16)11-5-3-2-4-10(9)11;/h2-7,13-14H,8,17H2,1H3;1H/t13-;/m0./s1. The van der Waals surface area contributed by atoms with Crippen molar-refractivity contribution in [1.29, 1.82) is 0 Å². The second kappa shape index (κ2) is 6.12. The fourth-order valence-corrected chi connectivity index (χ4v) is 2.12. The minimum absolute atomic E-state index is 0. The van der Waals surface area contributed by atoms with Crippen LogP contribution in [0.4, 0.5) is 8.78 Å². The molecule has 2 aromatic carbocycles. The van der Waals surface area contributed by atoms with Crippen molar-refractivity contribution in [3.8, 4) is 0 Å². The van der Waals surface area contributed by atoms with Crippen LogP contribution in [0.3, 0.4) is 0 Å². The average molecular weight is 272 g/mol. The molecule has 0 amide bonds. The molecule has 0 aliphatic rings. The lowest BCUT2D eigenvalue weighted by Gasteiger charge is -2.15. The summed E-state index contributed by atoms with van der Waals surface area (Å²) >= 11 is 0. The third kappa shape index (κ3) is 2.98. The number of halogens is 3. The van der Waals surface area contributed by atoms with Crippen molar-refractivity contribution in [2.24, 2.45) is 5.73 Å². The number of alkyl halides is 2. The Labute approximate surface area is 111 Å². The van der Waals surface area contributed by atoms with Crippen molar-refractivity contribution in [3.63, 3.8) is 0 Å². The normalized spacial score (nSPS) is 12.5. The van der Waals surface area contributed by atoms with Gasteiger partial charge in [0.15, 0.2) is 0 Å². The number of rotatable bonds is 3.